The molecule has 0 saturated heterocycles. The molecular formula is C12H17F2NO. The second kappa shape index (κ2) is 4.78. The molecule has 0 fully saturated rings. The Bertz CT molecular complexity index is 347. The molecule has 0 aliphatic carbocycles. The molecule has 0 spiro atoms. The molecule has 0 aromatic heterocycles. The Balaban J connectivity index is 2.90. The average molecular weight is 229 g/mol. The van der Waals surface area contributed by atoms with E-state index < -0.39 is 6.61 Å². The zero-order valence-corrected chi connectivity index (χ0v) is 9.71. The fourth-order valence-electron chi connectivity index (χ4n) is 1.38. The molecule has 2 N–H and O–H groups in total. The number of alkyl halides is 2. The molecule has 1 aromatic rings. The van der Waals surface area contributed by atoms with Crippen molar-refractivity contribution in [2.24, 2.45) is 11.1 Å². The van der Waals surface area contributed by atoms with Crippen molar-refractivity contribution in [2.75, 3.05) is 0 Å². The van der Waals surface area contributed by atoms with Crippen LogP contribution in [-0.4, -0.2) is 6.61 Å². The van der Waals surface area contributed by atoms with Crippen LogP contribution < -0.4 is 10.5 Å². The first-order chi connectivity index (χ1) is 7.30. The van der Waals surface area contributed by atoms with E-state index >= 15 is 0 Å². The molecule has 1 rings (SSSR count). The van der Waals surface area contributed by atoms with Crippen LogP contribution in [0.4, 0.5) is 8.78 Å². The van der Waals surface area contributed by atoms with Crippen molar-refractivity contribution in [3.63, 3.8) is 0 Å². The smallest absolute Gasteiger partial charge is 0.387 e. The van der Waals surface area contributed by atoms with E-state index in [1.807, 2.05) is 26.8 Å². The van der Waals surface area contributed by atoms with Gasteiger partial charge in [-0.15, -0.1) is 0 Å². The highest BCUT2D eigenvalue weighted by atomic mass is 19.3. The molecule has 1 unspecified atom stereocenters. The highest BCUT2D eigenvalue weighted by molar-refractivity contribution is 5.31. The number of halogens is 2. The first kappa shape index (κ1) is 12.9. The summed E-state index contributed by atoms with van der Waals surface area (Å²) in [7, 11) is 0. The van der Waals surface area contributed by atoms with Gasteiger partial charge in [-0.2, -0.15) is 8.78 Å². The first-order valence-corrected chi connectivity index (χ1v) is 5.11. The van der Waals surface area contributed by atoms with E-state index in [2.05, 4.69) is 4.74 Å². The highest BCUT2D eigenvalue weighted by Crippen LogP contribution is 2.32. The van der Waals surface area contributed by atoms with Crippen LogP contribution in [0.5, 0.6) is 5.75 Å². The standard InChI is InChI=1S/C12H17F2NO/c1-12(2,3)10(15)8-5-4-6-9(7-8)16-11(13)14/h4-7,10-11H,15H2,1-3H3. The van der Waals surface area contributed by atoms with Crippen LogP contribution >= 0.6 is 0 Å². The lowest BCUT2D eigenvalue weighted by atomic mass is 9.83. The zero-order chi connectivity index (χ0) is 12.3. The summed E-state index contributed by atoms with van der Waals surface area (Å²) >= 11 is 0. The molecule has 0 aliphatic rings. The van der Waals surface area contributed by atoms with Gasteiger partial charge < -0.3 is 10.5 Å². The van der Waals surface area contributed by atoms with Crippen LogP contribution in [0.2, 0.25) is 0 Å². The van der Waals surface area contributed by atoms with Crippen LogP contribution in [-0.2, 0) is 0 Å². The van der Waals surface area contributed by atoms with Gasteiger partial charge in [-0.05, 0) is 23.1 Å². The van der Waals surface area contributed by atoms with E-state index in [4.69, 9.17) is 5.73 Å². The van der Waals surface area contributed by atoms with Gasteiger partial charge in [0.2, 0.25) is 0 Å². The normalized spacial score (nSPS) is 13.9. The van der Waals surface area contributed by atoms with Gasteiger partial charge in [0, 0.05) is 6.04 Å². The molecule has 16 heavy (non-hydrogen) atoms. The molecular weight excluding hydrogens is 212 g/mol. The van der Waals surface area contributed by atoms with E-state index in [0.717, 1.165) is 5.56 Å². The van der Waals surface area contributed by atoms with Crippen molar-refractivity contribution in [3.05, 3.63) is 29.8 Å². The molecule has 90 valence electrons. The van der Waals surface area contributed by atoms with Crippen molar-refractivity contribution in [3.8, 4) is 5.75 Å². The Morgan fingerprint density at radius 1 is 1.25 bits per heavy atom. The zero-order valence-electron chi connectivity index (χ0n) is 9.71. The molecule has 4 heteroatoms. The van der Waals surface area contributed by atoms with E-state index in [-0.39, 0.29) is 17.2 Å². The van der Waals surface area contributed by atoms with Crippen molar-refractivity contribution in [1.82, 2.24) is 0 Å². The maximum absolute atomic E-state index is 12.0. The molecule has 0 heterocycles. The number of ether oxygens (including phenoxy) is 1. The lowest BCUT2D eigenvalue weighted by Crippen LogP contribution is -2.26. The van der Waals surface area contributed by atoms with Gasteiger partial charge in [-0.3, -0.25) is 0 Å². The second-order valence-corrected chi connectivity index (χ2v) is 4.79. The van der Waals surface area contributed by atoms with Crippen LogP contribution in [0.3, 0.4) is 0 Å². The summed E-state index contributed by atoms with van der Waals surface area (Å²) in [6, 6.07) is 6.31. The largest absolute Gasteiger partial charge is 0.435 e. The Morgan fingerprint density at radius 2 is 1.88 bits per heavy atom. The third kappa shape index (κ3) is 3.45. The molecule has 1 aromatic carbocycles. The molecule has 1 atom stereocenters. The fourth-order valence-corrected chi connectivity index (χ4v) is 1.38. The van der Waals surface area contributed by atoms with Crippen LogP contribution in [0.15, 0.2) is 24.3 Å². The predicted octanol–water partition coefficient (Wildman–Crippen LogP) is 3.33. The van der Waals surface area contributed by atoms with E-state index in [9.17, 15) is 8.78 Å². The molecule has 0 saturated carbocycles. The summed E-state index contributed by atoms with van der Waals surface area (Å²) < 4.78 is 28.4. The predicted molar refractivity (Wildman–Crippen MR) is 59.5 cm³/mol. The number of hydrogen-bond donors (Lipinski definition) is 1. The molecule has 2 nitrogen and oxygen atoms in total. The maximum Gasteiger partial charge on any atom is 0.387 e. The van der Waals surface area contributed by atoms with E-state index in [1.165, 1.54) is 6.07 Å². The second-order valence-electron chi connectivity index (χ2n) is 4.79. The summed E-state index contributed by atoms with van der Waals surface area (Å²) in [6.45, 7) is 3.19. The van der Waals surface area contributed by atoms with E-state index in [0.29, 0.717) is 0 Å². The third-order valence-corrected chi connectivity index (χ3v) is 2.38. The third-order valence-electron chi connectivity index (χ3n) is 2.38. The monoisotopic (exact) mass is 229 g/mol. The van der Waals surface area contributed by atoms with Gasteiger partial charge in [-0.1, -0.05) is 32.9 Å². The van der Waals surface area contributed by atoms with Gasteiger partial charge in [0.1, 0.15) is 5.75 Å². The van der Waals surface area contributed by atoms with Crippen LogP contribution in [0.1, 0.15) is 32.4 Å². The van der Waals surface area contributed by atoms with Crippen LogP contribution in [0, 0.1) is 5.41 Å². The molecule has 0 aliphatic heterocycles. The lowest BCUT2D eigenvalue weighted by molar-refractivity contribution is -0.0499. The van der Waals surface area contributed by atoms with Gasteiger partial charge in [0.25, 0.3) is 0 Å². The minimum absolute atomic E-state index is 0.122. The first-order valence-electron chi connectivity index (χ1n) is 5.11. The van der Waals surface area contributed by atoms with Crippen molar-refractivity contribution >= 4 is 0 Å². The van der Waals surface area contributed by atoms with Crippen molar-refractivity contribution in [1.29, 1.82) is 0 Å². The summed E-state index contributed by atoms with van der Waals surface area (Å²) in [5.74, 6) is 0.146. The Kier molecular flexibility index (Phi) is 3.86. The molecule has 0 bridgehead atoms. The van der Waals surface area contributed by atoms with Gasteiger partial charge in [0.15, 0.2) is 0 Å². The average Bonchev–Trinajstić information content (AvgIpc) is 2.14. The minimum atomic E-state index is -2.80. The number of nitrogens with two attached hydrogens (primary N) is 1. The Morgan fingerprint density at radius 3 is 2.38 bits per heavy atom. The van der Waals surface area contributed by atoms with Gasteiger partial charge >= 0.3 is 6.61 Å². The Hall–Kier alpha value is -1.16. The number of hydrogen-bond acceptors (Lipinski definition) is 2. The van der Waals surface area contributed by atoms with Gasteiger partial charge in [0.05, 0.1) is 0 Å². The van der Waals surface area contributed by atoms with Gasteiger partial charge in [-0.25, -0.2) is 0 Å². The van der Waals surface area contributed by atoms with Crippen LogP contribution in [0.25, 0.3) is 0 Å². The molecule has 0 amide bonds. The maximum atomic E-state index is 12.0. The summed E-state index contributed by atoms with van der Waals surface area (Å²) in [5.41, 5.74) is 6.70. The Labute approximate surface area is 94.4 Å². The quantitative estimate of drug-likeness (QED) is 0.862. The summed E-state index contributed by atoms with van der Waals surface area (Å²) in [6.07, 6.45) is 0. The summed E-state index contributed by atoms with van der Waals surface area (Å²) in [5, 5.41) is 0. The lowest BCUT2D eigenvalue weighted by Gasteiger charge is -2.27. The summed E-state index contributed by atoms with van der Waals surface area (Å²) in [4.78, 5) is 0. The molecule has 0 radical (unpaired) electrons. The minimum Gasteiger partial charge on any atom is -0.435 e. The number of rotatable bonds is 3. The number of benzene rings is 1. The highest BCUT2D eigenvalue weighted by Gasteiger charge is 2.22. The fraction of sp³-hybridized carbons (Fsp3) is 0.500. The van der Waals surface area contributed by atoms with Crippen molar-refractivity contribution < 1.29 is 13.5 Å². The van der Waals surface area contributed by atoms with Crippen molar-refractivity contribution in [2.45, 2.75) is 33.4 Å². The topological polar surface area (TPSA) is 35.2 Å². The van der Waals surface area contributed by atoms with E-state index in [1.54, 1.807) is 12.1 Å². The SMILES string of the molecule is CC(C)(C)C(N)c1cccc(OC(F)F)c1.